The number of pyridine rings is 1. The molecule has 0 aliphatic rings. The monoisotopic (exact) mass is 392 g/mol. The number of benzene rings is 1. The van der Waals surface area contributed by atoms with Crippen LogP contribution in [0.4, 0.5) is 0 Å². The van der Waals surface area contributed by atoms with Gasteiger partial charge in [-0.15, -0.1) is 0 Å². The van der Waals surface area contributed by atoms with Crippen molar-refractivity contribution in [1.29, 1.82) is 0 Å². The Morgan fingerprint density at radius 1 is 1.05 bits per heavy atom. The van der Waals surface area contributed by atoms with Gasteiger partial charge in [0.2, 0.25) is 0 Å². The number of nitrogens with zero attached hydrogens (tertiary/aromatic N) is 2. The van der Waals surface area contributed by atoms with Crippen molar-refractivity contribution in [2.75, 3.05) is 0 Å². The predicted octanol–water partition coefficient (Wildman–Crippen LogP) is 5.45. The number of rotatable bonds is 1. The largest absolute Gasteiger partial charge is 0.304 e. The van der Waals surface area contributed by atoms with Gasteiger partial charge in [-0.25, -0.2) is 4.98 Å². The molecule has 0 aliphatic heterocycles. The van der Waals surface area contributed by atoms with Crippen molar-refractivity contribution in [3.05, 3.63) is 56.2 Å². The smallest absolute Gasteiger partial charge is 0.152 e. The van der Waals surface area contributed by atoms with E-state index in [9.17, 15) is 0 Å². The summed E-state index contributed by atoms with van der Waals surface area (Å²) in [5.74, 6) is 0. The van der Waals surface area contributed by atoms with E-state index in [4.69, 9.17) is 4.98 Å². The highest BCUT2D eigenvalue weighted by Crippen LogP contribution is 2.31. The van der Waals surface area contributed by atoms with Gasteiger partial charge >= 0.3 is 0 Å². The summed E-state index contributed by atoms with van der Waals surface area (Å²) in [6.45, 7) is 6.30. The quantitative estimate of drug-likeness (QED) is 0.537. The zero-order valence-electron chi connectivity index (χ0n) is 11.5. The molecule has 2 heterocycles. The normalized spacial score (nSPS) is 11.2. The lowest BCUT2D eigenvalue weighted by Crippen LogP contribution is -1.88. The fourth-order valence-corrected chi connectivity index (χ4v) is 3.48. The van der Waals surface area contributed by atoms with Crippen LogP contribution in [0.3, 0.4) is 0 Å². The molecule has 4 heteroatoms. The van der Waals surface area contributed by atoms with Crippen molar-refractivity contribution in [3.63, 3.8) is 0 Å². The van der Waals surface area contributed by atoms with E-state index in [0.29, 0.717) is 0 Å². The molecule has 2 nitrogen and oxygen atoms in total. The Morgan fingerprint density at radius 3 is 2.55 bits per heavy atom. The van der Waals surface area contributed by atoms with Crippen LogP contribution in [0, 0.1) is 20.8 Å². The molecule has 0 radical (unpaired) electrons. The van der Waals surface area contributed by atoms with Crippen LogP contribution in [0.5, 0.6) is 0 Å². The predicted molar refractivity (Wildman–Crippen MR) is 90.2 cm³/mol. The third kappa shape index (κ3) is 2.21. The molecule has 0 aliphatic carbocycles. The first kappa shape index (κ1) is 13.8. The number of halogens is 2. The minimum absolute atomic E-state index is 0.946. The van der Waals surface area contributed by atoms with Gasteiger partial charge in [-0.3, -0.25) is 0 Å². The lowest BCUT2D eigenvalue weighted by atomic mass is 10.0. The van der Waals surface area contributed by atoms with Crippen LogP contribution in [0.25, 0.3) is 16.9 Å². The van der Waals surface area contributed by atoms with Crippen molar-refractivity contribution in [2.24, 2.45) is 0 Å². The van der Waals surface area contributed by atoms with E-state index >= 15 is 0 Å². The van der Waals surface area contributed by atoms with E-state index in [1.807, 2.05) is 0 Å². The summed E-state index contributed by atoms with van der Waals surface area (Å²) < 4.78 is 4.16. The molecule has 0 bridgehead atoms. The van der Waals surface area contributed by atoms with Gasteiger partial charge in [0, 0.05) is 22.4 Å². The van der Waals surface area contributed by atoms with Crippen molar-refractivity contribution in [2.45, 2.75) is 20.8 Å². The maximum Gasteiger partial charge on any atom is 0.152 e. The van der Waals surface area contributed by atoms with Gasteiger partial charge in [0.05, 0.1) is 10.2 Å². The lowest BCUT2D eigenvalue weighted by Gasteiger charge is -2.03. The van der Waals surface area contributed by atoms with Crippen LogP contribution in [-0.4, -0.2) is 9.38 Å². The molecule has 0 saturated heterocycles. The average molecular weight is 394 g/mol. The molecule has 3 aromatic rings. The van der Waals surface area contributed by atoms with Crippen LogP contribution < -0.4 is 0 Å². The minimum atomic E-state index is 0.946. The summed E-state index contributed by atoms with van der Waals surface area (Å²) in [5, 5.41) is 0. The van der Waals surface area contributed by atoms with E-state index in [-0.39, 0.29) is 0 Å². The van der Waals surface area contributed by atoms with E-state index in [1.54, 1.807) is 0 Å². The standard InChI is InChI=1S/C16H14Br2N2/c1-9-4-5-10(2)12(6-9)14-8-20-7-13(17)11(3)15(18)16(20)19-14/h4-8H,1-3H3. The molecule has 20 heavy (non-hydrogen) atoms. The molecule has 0 spiro atoms. The Labute approximate surface area is 135 Å². The van der Waals surface area contributed by atoms with Crippen LogP contribution in [0.15, 0.2) is 39.5 Å². The van der Waals surface area contributed by atoms with E-state index in [0.717, 1.165) is 25.8 Å². The van der Waals surface area contributed by atoms with Crippen molar-refractivity contribution < 1.29 is 0 Å². The van der Waals surface area contributed by atoms with Crippen molar-refractivity contribution >= 4 is 37.5 Å². The highest BCUT2D eigenvalue weighted by atomic mass is 79.9. The number of imidazole rings is 1. The zero-order valence-corrected chi connectivity index (χ0v) is 14.7. The van der Waals surface area contributed by atoms with Gasteiger partial charge in [0.1, 0.15) is 0 Å². The van der Waals surface area contributed by atoms with Crippen LogP contribution >= 0.6 is 31.9 Å². The van der Waals surface area contributed by atoms with Gasteiger partial charge in [-0.05, 0) is 69.8 Å². The summed E-state index contributed by atoms with van der Waals surface area (Å²) in [6, 6.07) is 6.46. The third-order valence-corrected chi connectivity index (χ3v) is 5.29. The number of hydrogen-bond acceptors (Lipinski definition) is 1. The van der Waals surface area contributed by atoms with E-state index < -0.39 is 0 Å². The molecule has 0 unspecified atom stereocenters. The number of aryl methyl sites for hydroxylation is 2. The first-order chi connectivity index (χ1) is 9.47. The second-order valence-electron chi connectivity index (χ2n) is 5.09. The molecule has 0 saturated carbocycles. The van der Waals surface area contributed by atoms with Crippen molar-refractivity contribution in [3.8, 4) is 11.3 Å². The van der Waals surface area contributed by atoms with Crippen molar-refractivity contribution in [1.82, 2.24) is 9.38 Å². The maximum atomic E-state index is 4.78. The first-order valence-electron chi connectivity index (χ1n) is 6.38. The minimum Gasteiger partial charge on any atom is -0.304 e. The average Bonchev–Trinajstić information content (AvgIpc) is 2.83. The molecule has 0 N–H and O–H groups in total. The van der Waals surface area contributed by atoms with Crippen LogP contribution in [0.1, 0.15) is 16.7 Å². The highest BCUT2D eigenvalue weighted by molar-refractivity contribution is 9.11. The zero-order chi connectivity index (χ0) is 14.4. The lowest BCUT2D eigenvalue weighted by molar-refractivity contribution is 1.14. The topological polar surface area (TPSA) is 17.3 Å². The van der Waals surface area contributed by atoms with Gasteiger partial charge in [0.15, 0.2) is 5.65 Å². The number of hydrogen-bond donors (Lipinski definition) is 0. The summed E-state index contributed by atoms with van der Waals surface area (Å²) in [5.41, 5.74) is 6.79. The summed E-state index contributed by atoms with van der Waals surface area (Å²) in [4.78, 5) is 4.78. The molecule has 0 atom stereocenters. The maximum absolute atomic E-state index is 4.78. The summed E-state index contributed by atoms with van der Waals surface area (Å²) in [6.07, 6.45) is 4.13. The summed E-state index contributed by atoms with van der Waals surface area (Å²) >= 11 is 7.22. The Morgan fingerprint density at radius 2 is 1.80 bits per heavy atom. The molecule has 2 aromatic heterocycles. The highest BCUT2D eigenvalue weighted by Gasteiger charge is 2.12. The van der Waals surface area contributed by atoms with E-state index in [1.165, 1.54) is 16.7 Å². The fraction of sp³-hybridized carbons (Fsp3) is 0.188. The molecule has 3 rings (SSSR count). The SMILES string of the molecule is Cc1ccc(C)c(-c2cn3cc(Br)c(C)c(Br)c3n2)c1. The molecule has 102 valence electrons. The first-order valence-corrected chi connectivity index (χ1v) is 7.97. The summed E-state index contributed by atoms with van der Waals surface area (Å²) in [7, 11) is 0. The Kier molecular flexibility index (Phi) is 3.46. The second kappa shape index (κ2) is 5.01. The van der Waals surface area contributed by atoms with Crippen LogP contribution in [0.2, 0.25) is 0 Å². The number of fused-ring (bicyclic) bond motifs is 1. The molecule has 1 aromatic carbocycles. The molecular weight excluding hydrogens is 380 g/mol. The van der Waals surface area contributed by atoms with Gasteiger partial charge in [-0.1, -0.05) is 17.7 Å². The van der Waals surface area contributed by atoms with Gasteiger partial charge < -0.3 is 4.40 Å². The Bertz CT molecular complexity index is 819. The second-order valence-corrected chi connectivity index (χ2v) is 6.74. The fourth-order valence-electron chi connectivity index (χ4n) is 2.29. The van der Waals surface area contributed by atoms with Gasteiger partial charge in [-0.2, -0.15) is 0 Å². The molecule has 0 amide bonds. The van der Waals surface area contributed by atoms with E-state index in [2.05, 4.69) is 87.6 Å². The van der Waals surface area contributed by atoms with Crippen LogP contribution in [-0.2, 0) is 0 Å². The molecule has 0 fully saturated rings. The molecular formula is C16H14Br2N2. The Balaban J connectivity index is 2.28. The number of aromatic nitrogens is 2. The third-order valence-electron chi connectivity index (χ3n) is 3.54. The Hall–Kier alpha value is -1.13. The van der Waals surface area contributed by atoms with Gasteiger partial charge in [0.25, 0.3) is 0 Å².